The summed E-state index contributed by atoms with van der Waals surface area (Å²) in [5.41, 5.74) is 1.45. The van der Waals surface area contributed by atoms with E-state index in [1.165, 1.54) is 26.1 Å². The number of nitrogens with zero attached hydrogens (tertiary/aromatic N) is 5. The third-order valence-corrected chi connectivity index (χ3v) is 9.21. The molecule has 0 bridgehead atoms. The predicted octanol–water partition coefficient (Wildman–Crippen LogP) is 3.83. The number of para-hydroxylation sites is 1. The van der Waals surface area contributed by atoms with Crippen LogP contribution in [-0.4, -0.2) is 104 Å². The molecule has 3 fully saturated rings. The second-order valence-corrected chi connectivity index (χ2v) is 11.9. The van der Waals surface area contributed by atoms with E-state index in [4.69, 9.17) is 4.74 Å². The number of fused-ring (bicyclic) bond motifs is 1. The van der Waals surface area contributed by atoms with Gasteiger partial charge in [-0.2, -0.15) is 18.2 Å². The van der Waals surface area contributed by atoms with Crippen LogP contribution in [0.15, 0.2) is 42.6 Å². The predicted molar refractivity (Wildman–Crippen MR) is 172 cm³/mol. The lowest BCUT2D eigenvalue weighted by atomic mass is 9.93. The van der Waals surface area contributed by atoms with E-state index in [1.54, 1.807) is 26.2 Å². The standard InChI is InChI=1S/C32H40F3N9O2/c1-19-6-5-7-21(30(45)37-3)27(19)40-29-22(32(33,34)35)17-38-31(41-29)39-23-9-8-20(16-26(23)46-4)42-12-14-43(15-13-42)28-24(10-11-36-2)44-18-25(28)44/h5-9,16-17,24-25,28,36H,10-15,18H2,1-4H3,(H,37,45)(H2,38,39,40,41). The van der Waals surface area contributed by atoms with Crippen LogP contribution in [0.2, 0.25) is 0 Å². The molecule has 11 nitrogen and oxygen atoms in total. The Hall–Kier alpha value is -4.14. The van der Waals surface area contributed by atoms with Crippen molar-refractivity contribution in [2.75, 3.05) is 76.0 Å². The fourth-order valence-electron chi connectivity index (χ4n) is 6.72. The van der Waals surface area contributed by atoms with Crippen molar-refractivity contribution in [1.29, 1.82) is 0 Å². The van der Waals surface area contributed by atoms with Crippen LogP contribution in [0.5, 0.6) is 5.75 Å². The second kappa shape index (κ2) is 12.9. The van der Waals surface area contributed by atoms with E-state index < -0.39 is 23.5 Å². The summed E-state index contributed by atoms with van der Waals surface area (Å²) in [5, 5.41) is 11.6. The molecule has 3 aliphatic heterocycles. The maximum atomic E-state index is 14.0. The lowest BCUT2D eigenvalue weighted by Gasteiger charge is -2.48. The van der Waals surface area contributed by atoms with Gasteiger partial charge in [0.2, 0.25) is 5.95 Å². The lowest BCUT2D eigenvalue weighted by Crippen LogP contribution is -2.63. The zero-order chi connectivity index (χ0) is 32.6. The van der Waals surface area contributed by atoms with Crippen molar-refractivity contribution in [3.63, 3.8) is 0 Å². The molecule has 4 N–H and O–H groups in total. The summed E-state index contributed by atoms with van der Waals surface area (Å²) in [5.74, 6) is -0.470. The monoisotopic (exact) mass is 639 g/mol. The van der Waals surface area contributed by atoms with Gasteiger partial charge in [0.1, 0.15) is 17.1 Å². The second-order valence-electron chi connectivity index (χ2n) is 11.9. The van der Waals surface area contributed by atoms with E-state index in [9.17, 15) is 18.0 Å². The lowest BCUT2D eigenvalue weighted by molar-refractivity contribution is -0.137. The van der Waals surface area contributed by atoms with Crippen LogP contribution in [0, 0.1) is 6.92 Å². The normalized spacial score (nSPS) is 22.5. The number of alkyl halides is 3. The Morgan fingerprint density at radius 1 is 1.09 bits per heavy atom. The van der Waals surface area contributed by atoms with Gasteiger partial charge in [-0.05, 0) is 50.7 Å². The van der Waals surface area contributed by atoms with Crippen LogP contribution >= 0.6 is 0 Å². The van der Waals surface area contributed by atoms with E-state index >= 15 is 0 Å². The van der Waals surface area contributed by atoms with Crippen molar-refractivity contribution in [1.82, 2.24) is 30.4 Å². The number of nitrogens with one attached hydrogen (secondary N) is 4. The number of aromatic nitrogens is 2. The average Bonchev–Trinajstić information content (AvgIpc) is 3.75. The molecule has 3 aliphatic rings. The van der Waals surface area contributed by atoms with Gasteiger partial charge in [-0.25, -0.2) is 4.98 Å². The van der Waals surface area contributed by atoms with Crippen LogP contribution in [0.25, 0.3) is 0 Å². The smallest absolute Gasteiger partial charge is 0.421 e. The number of aryl methyl sites for hydroxylation is 1. The quantitative estimate of drug-likeness (QED) is 0.231. The molecule has 0 spiro atoms. The molecule has 2 aromatic carbocycles. The molecule has 246 valence electrons. The molecule has 0 aliphatic carbocycles. The Labute approximate surface area is 266 Å². The van der Waals surface area contributed by atoms with Crippen molar-refractivity contribution >= 4 is 34.7 Å². The first-order valence-corrected chi connectivity index (χ1v) is 15.5. The number of amides is 1. The van der Waals surface area contributed by atoms with Gasteiger partial charge in [-0.3, -0.25) is 14.6 Å². The van der Waals surface area contributed by atoms with Crippen molar-refractivity contribution in [2.24, 2.45) is 0 Å². The number of carbonyl (C=O) groups excluding carboxylic acids is 1. The number of hydrogen-bond acceptors (Lipinski definition) is 10. The Morgan fingerprint density at radius 2 is 1.87 bits per heavy atom. The number of anilines is 5. The highest BCUT2D eigenvalue weighted by molar-refractivity contribution is 6.00. The minimum absolute atomic E-state index is 0.0623. The van der Waals surface area contributed by atoms with Crippen molar-refractivity contribution in [2.45, 2.75) is 37.6 Å². The summed E-state index contributed by atoms with van der Waals surface area (Å²) in [6.45, 7) is 7.72. The average molecular weight is 640 g/mol. The number of hydrogen-bond donors (Lipinski definition) is 4. The van der Waals surface area contributed by atoms with E-state index in [0.717, 1.165) is 50.6 Å². The summed E-state index contributed by atoms with van der Waals surface area (Å²) >= 11 is 0. The third kappa shape index (κ3) is 6.29. The molecule has 46 heavy (non-hydrogen) atoms. The van der Waals surface area contributed by atoms with Crippen LogP contribution in [-0.2, 0) is 6.18 Å². The SMILES string of the molecule is CNCCC1C(N2CCN(c3ccc(Nc4ncc(C(F)(F)F)c(Nc5c(C)cccc5C(=O)NC)n4)c(OC)c3)CC2)C2CN12. The molecule has 0 radical (unpaired) electrons. The Balaban J connectivity index is 1.18. The first kappa shape index (κ1) is 31.8. The van der Waals surface area contributed by atoms with E-state index in [-0.39, 0.29) is 17.2 Å². The minimum atomic E-state index is -4.73. The van der Waals surface area contributed by atoms with Gasteiger partial charge in [-0.1, -0.05) is 12.1 Å². The first-order valence-electron chi connectivity index (χ1n) is 15.5. The summed E-state index contributed by atoms with van der Waals surface area (Å²) in [7, 11) is 5.01. The summed E-state index contributed by atoms with van der Waals surface area (Å²) < 4.78 is 47.7. The van der Waals surface area contributed by atoms with Crippen LogP contribution in [0.3, 0.4) is 0 Å². The molecular formula is C32H40F3N9O2. The molecule has 4 heterocycles. The van der Waals surface area contributed by atoms with Crippen molar-refractivity contribution in [3.05, 3.63) is 59.3 Å². The van der Waals surface area contributed by atoms with Gasteiger partial charge in [0.05, 0.1) is 24.0 Å². The Bertz CT molecular complexity index is 1580. The number of piperazine rings is 1. The van der Waals surface area contributed by atoms with E-state index in [2.05, 4.69) is 45.9 Å². The molecule has 3 aromatic rings. The third-order valence-electron chi connectivity index (χ3n) is 9.21. The van der Waals surface area contributed by atoms with E-state index in [0.29, 0.717) is 29.1 Å². The first-order chi connectivity index (χ1) is 22.1. The Morgan fingerprint density at radius 3 is 2.57 bits per heavy atom. The van der Waals surface area contributed by atoms with Crippen molar-refractivity contribution < 1.29 is 22.7 Å². The topological polar surface area (TPSA) is 110 Å². The van der Waals surface area contributed by atoms with Gasteiger partial charge >= 0.3 is 6.18 Å². The zero-order valence-corrected chi connectivity index (χ0v) is 26.4. The van der Waals surface area contributed by atoms with Crippen LogP contribution < -0.4 is 30.9 Å². The number of halogens is 3. The maximum Gasteiger partial charge on any atom is 0.421 e. The van der Waals surface area contributed by atoms with E-state index in [1.807, 2.05) is 25.2 Å². The molecule has 1 aromatic heterocycles. The molecule has 1 amide bonds. The Kier molecular flexibility index (Phi) is 8.95. The largest absolute Gasteiger partial charge is 0.494 e. The van der Waals surface area contributed by atoms with Crippen LogP contribution in [0.1, 0.15) is 27.9 Å². The maximum absolute atomic E-state index is 14.0. The fraction of sp³-hybridized carbons (Fsp3) is 0.469. The summed E-state index contributed by atoms with van der Waals surface area (Å²) in [6, 6.07) is 12.6. The molecule has 14 heteroatoms. The molecule has 4 atom stereocenters. The van der Waals surface area contributed by atoms with Crippen molar-refractivity contribution in [3.8, 4) is 5.75 Å². The minimum Gasteiger partial charge on any atom is -0.494 e. The number of methoxy groups -OCH3 is 1. The highest BCUT2D eigenvalue weighted by atomic mass is 19.4. The molecule has 3 saturated heterocycles. The molecule has 4 unspecified atom stereocenters. The van der Waals surface area contributed by atoms with Gasteiger partial charge in [-0.15, -0.1) is 0 Å². The van der Waals surface area contributed by atoms with Gasteiger partial charge < -0.3 is 30.9 Å². The number of rotatable bonds is 11. The highest BCUT2D eigenvalue weighted by Gasteiger charge is 2.60. The number of carbonyl (C=O) groups is 1. The summed E-state index contributed by atoms with van der Waals surface area (Å²) in [6.07, 6.45) is -2.83. The van der Waals surface area contributed by atoms with Gasteiger partial charge in [0.15, 0.2) is 0 Å². The molecular weight excluding hydrogens is 599 g/mol. The van der Waals surface area contributed by atoms with Gasteiger partial charge in [0.25, 0.3) is 5.91 Å². The fourth-order valence-corrected chi connectivity index (χ4v) is 6.72. The highest BCUT2D eigenvalue weighted by Crippen LogP contribution is 2.44. The van der Waals surface area contributed by atoms with Gasteiger partial charge in [0, 0.05) is 75.8 Å². The summed E-state index contributed by atoms with van der Waals surface area (Å²) in [4.78, 5) is 28.2. The number of ether oxygens (including phenoxy) is 1. The molecule has 0 saturated carbocycles. The molecule has 6 rings (SSSR count). The number of benzene rings is 2. The van der Waals surface area contributed by atoms with Crippen LogP contribution in [0.4, 0.5) is 42.0 Å². The zero-order valence-electron chi connectivity index (χ0n) is 26.4.